The number of nitrogens with zero attached hydrogens (tertiary/aromatic N) is 2. The molecule has 98 valence electrons. The molecule has 0 aliphatic rings. The van der Waals surface area contributed by atoms with Gasteiger partial charge in [0.15, 0.2) is 0 Å². The SMILES string of the molecule is Clc1ccc(-c2cn3cc(Br)ccc3n2)cc1Cl.[I-]. The molecule has 3 rings (SSSR count). The van der Waals surface area contributed by atoms with Gasteiger partial charge < -0.3 is 28.4 Å². The molecule has 0 aliphatic carbocycles. The van der Waals surface area contributed by atoms with Crippen LogP contribution in [0.4, 0.5) is 0 Å². The van der Waals surface area contributed by atoms with E-state index in [2.05, 4.69) is 20.9 Å². The average Bonchev–Trinajstić information content (AvgIpc) is 2.75. The maximum absolute atomic E-state index is 6.01. The second-order valence-corrected chi connectivity index (χ2v) is 5.60. The summed E-state index contributed by atoms with van der Waals surface area (Å²) in [4.78, 5) is 4.54. The van der Waals surface area contributed by atoms with E-state index >= 15 is 0 Å². The van der Waals surface area contributed by atoms with E-state index in [-0.39, 0.29) is 24.0 Å². The third-order valence-electron chi connectivity index (χ3n) is 2.63. The molecule has 0 aliphatic heterocycles. The van der Waals surface area contributed by atoms with Gasteiger partial charge in [-0.15, -0.1) is 0 Å². The first kappa shape index (κ1) is 15.1. The number of pyridine rings is 1. The number of imidazole rings is 1. The zero-order valence-electron chi connectivity index (χ0n) is 9.45. The lowest BCUT2D eigenvalue weighted by molar-refractivity contribution is -0.00000332. The molecule has 0 saturated heterocycles. The second-order valence-electron chi connectivity index (χ2n) is 3.87. The summed E-state index contributed by atoms with van der Waals surface area (Å²) in [5.74, 6) is 0. The van der Waals surface area contributed by atoms with Crippen molar-refractivity contribution in [2.75, 3.05) is 0 Å². The second kappa shape index (κ2) is 5.99. The molecule has 6 heteroatoms. The number of hydrogen-bond acceptors (Lipinski definition) is 1. The number of benzene rings is 1. The van der Waals surface area contributed by atoms with Gasteiger partial charge in [0.2, 0.25) is 0 Å². The molecule has 0 N–H and O–H groups in total. The van der Waals surface area contributed by atoms with Crippen LogP contribution in [0.5, 0.6) is 0 Å². The minimum Gasteiger partial charge on any atom is -1.00 e. The standard InChI is InChI=1S/C13H7BrCl2N2.HI/c14-9-2-4-13-17-12(7-18(13)6-9)8-1-3-10(15)11(16)5-8;/h1-7H;1H/p-1. The lowest BCUT2D eigenvalue weighted by Gasteiger charge is -1.98. The summed E-state index contributed by atoms with van der Waals surface area (Å²) in [6, 6.07) is 9.41. The largest absolute Gasteiger partial charge is 1.00 e. The van der Waals surface area contributed by atoms with Crippen molar-refractivity contribution in [3.8, 4) is 11.3 Å². The highest BCUT2D eigenvalue weighted by Crippen LogP contribution is 2.28. The highest BCUT2D eigenvalue weighted by Gasteiger charge is 2.06. The van der Waals surface area contributed by atoms with Crippen molar-refractivity contribution in [2.45, 2.75) is 0 Å². The Morgan fingerprint density at radius 2 is 1.79 bits per heavy atom. The molecular formula is C13H7BrCl2IN2-. The first-order valence-corrected chi connectivity index (χ1v) is 6.78. The molecule has 0 radical (unpaired) electrons. The highest BCUT2D eigenvalue weighted by molar-refractivity contribution is 9.10. The molecule has 1 aromatic carbocycles. The molecule has 19 heavy (non-hydrogen) atoms. The van der Waals surface area contributed by atoms with Crippen LogP contribution < -0.4 is 24.0 Å². The Hall–Kier alpha value is -0.300. The third-order valence-corrected chi connectivity index (χ3v) is 3.84. The summed E-state index contributed by atoms with van der Waals surface area (Å²) in [5, 5.41) is 1.08. The number of hydrogen-bond donors (Lipinski definition) is 0. The van der Waals surface area contributed by atoms with Crippen molar-refractivity contribution in [3.05, 3.63) is 57.2 Å². The smallest absolute Gasteiger partial charge is 0.137 e. The van der Waals surface area contributed by atoms with Gasteiger partial charge in [0.05, 0.1) is 15.7 Å². The zero-order chi connectivity index (χ0) is 12.7. The van der Waals surface area contributed by atoms with Gasteiger partial charge in [-0.1, -0.05) is 29.3 Å². The van der Waals surface area contributed by atoms with E-state index in [0.29, 0.717) is 10.0 Å². The predicted molar refractivity (Wildman–Crippen MR) is 78.3 cm³/mol. The lowest BCUT2D eigenvalue weighted by atomic mass is 10.2. The minimum atomic E-state index is 0. The summed E-state index contributed by atoms with van der Waals surface area (Å²) >= 11 is 15.3. The molecule has 0 fully saturated rings. The fourth-order valence-corrected chi connectivity index (χ4v) is 2.41. The summed E-state index contributed by atoms with van der Waals surface area (Å²) < 4.78 is 2.97. The lowest BCUT2D eigenvalue weighted by Crippen LogP contribution is -3.00. The van der Waals surface area contributed by atoms with Crippen LogP contribution in [0.25, 0.3) is 16.9 Å². The number of halogens is 4. The van der Waals surface area contributed by atoms with Crippen LogP contribution in [0.3, 0.4) is 0 Å². The van der Waals surface area contributed by atoms with Crippen LogP contribution in [-0.2, 0) is 0 Å². The van der Waals surface area contributed by atoms with Gasteiger partial charge in [0.1, 0.15) is 5.65 Å². The Morgan fingerprint density at radius 3 is 2.53 bits per heavy atom. The van der Waals surface area contributed by atoms with E-state index < -0.39 is 0 Å². The van der Waals surface area contributed by atoms with E-state index in [1.165, 1.54) is 0 Å². The molecule has 2 aromatic heterocycles. The quantitative estimate of drug-likeness (QED) is 0.500. The molecule has 2 heterocycles. The average molecular weight is 469 g/mol. The zero-order valence-corrected chi connectivity index (χ0v) is 14.7. The van der Waals surface area contributed by atoms with Crippen molar-refractivity contribution >= 4 is 44.8 Å². The molecule has 2 nitrogen and oxygen atoms in total. The Labute approximate surface area is 145 Å². The Morgan fingerprint density at radius 1 is 1.00 bits per heavy atom. The molecular weight excluding hydrogens is 462 g/mol. The van der Waals surface area contributed by atoms with Crippen LogP contribution in [0.1, 0.15) is 0 Å². The molecule has 0 amide bonds. The predicted octanol–water partition coefficient (Wildman–Crippen LogP) is 2.07. The van der Waals surface area contributed by atoms with Gasteiger partial charge in [0.25, 0.3) is 0 Å². The van der Waals surface area contributed by atoms with Crippen LogP contribution in [-0.4, -0.2) is 9.38 Å². The maximum Gasteiger partial charge on any atom is 0.137 e. The molecule has 0 atom stereocenters. The number of fused-ring (bicyclic) bond motifs is 1. The van der Waals surface area contributed by atoms with E-state index in [0.717, 1.165) is 21.4 Å². The first-order chi connectivity index (χ1) is 8.63. The van der Waals surface area contributed by atoms with Crippen molar-refractivity contribution in [2.24, 2.45) is 0 Å². The molecule has 0 bridgehead atoms. The first-order valence-electron chi connectivity index (χ1n) is 5.23. The number of aromatic nitrogens is 2. The summed E-state index contributed by atoms with van der Waals surface area (Å²) in [7, 11) is 0. The highest BCUT2D eigenvalue weighted by atomic mass is 127. The van der Waals surface area contributed by atoms with E-state index in [1.54, 1.807) is 6.07 Å². The van der Waals surface area contributed by atoms with E-state index in [1.807, 2.05) is 41.1 Å². The molecule has 0 spiro atoms. The van der Waals surface area contributed by atoms with Crippen LogP contribution in [0, 0.1) is 0 Å². The van der Waals surface area contributed by atoms with E-state index in [4.69, 9.17) is 23.2 Å². The summed E-state index contributed by atoms with van der Waals surface area (Å²) in [6.07, 6.45) is 3.92. The fourth-order valence-electron chi connectivity index (χ4n) is 1.76. The normalized spacial score (nSPS) is 10.5. The maximum atomic E-state index is 6.01. The molecule has 0 unspecified atom stereocenters. The Balaban J connectivity index is 0.00000133. The van der Waals surface area contributed by atoms with Gasteiger partial charge >= 0.3 is 0 Å². The molecule has 3 aromatic rings. The third kappa shape index (κ3) is 3.07. The number of rotatable bonds is 1. The topological polar surface area (TPSA) is 17.3 Å². The van der Waals surface area contributed by atoms with Crippen LogP contribution in [0.15, 0.2) is 47.2 Å². The molecule has 0 saturated carbocycles. The van der Waals surface area contributed by atoms with Gasteiger partial charge in [-0.3, -0.25) is 0 Å². The monoisotopic (exact) mass is 467 g/mol. The van der Waals surface area contributed by atoms with Gasteiger partial charge in [-0.25, -0.2) is 4.98 Å². The summed E-state index contributed by atoms with van der Waals surface area (Å²) in [6.45, 7) is 0. The van der Waals surface area contributed by atoms with E-state index in [9.17, 15) is 0 Å². The van der Waals surface area contributed by atoms with Crippen molar-refractivity contribution < 1.29 is 24.0 Å². The van der Waals surface area contributed by atoms with Gasteiger partial charge in [-0.2, -0.15) is 0 Å². The van der Waals surface area contributed by atoms with Crippen LogP contribution in [0.2, 0.25) is 10.0 Å². The fraction of sp³-hybridized carbons (Fsp3) is 0. The van der Waals surface area contributed by atoms with Crippen molar-refractivity contribution in [3.63, 3.8) is 0 Å². The Kier molecular flexibility index (Phi) is 4.76. The summed E-state index contributed by atoms with van der Waals surface area (Å²) in [5.41, 5.74) is 2.70. The van der Waals surface area contributed by atoms with Crippen molar-refractivity contribution in [1.29, 1.82) is 0 Å². The van der Waals surface area contributed by atoms with Crippen molar-refractivity contribution in [1.82, 2.24) is 9.38 Å². The minimum absolute atomic E-state index is 0. The van der Waals surface area contributed by atoms with Gasteiger partial charge in [-0.05, 0) is 40.2 Å². The Bertz CT molecular complexity index is 743. The van der Waals surface area contributed by atoms with Gasteiger partial charge in [0, 0.05) is 22.4 Å². The van der Waals surface area contributed by atoms with Crippen LogP contribution >= 0.6 is 39.1 Å².